The van der Waals surface area contributed by atoms with Gasteiger partial charge >= 0.3 is 5.97 Å². The van der Waals surface area contributed by atoms with Crippen molar-refractivity contribution in [3.8, 4) is 0 Å². The Kier molecular flexibility index (Phi) is 5.36. The van der Waals surface area contributed by atoms with Crippen LogP contribution in [0.4, 0.5) is 5.69 Å². The summed E-state index contributed by atoms with van der Waals surface area (Å²) in [6, 6.07) is 17.3. The zero-order chi connectivity index (χ0) is 20.4. The number of carbonyl (C=O) groups is 2. The lowest BCUT2D eigenvalue weighted by Crippen LogP contribution is -2.39. The third-order valence-corrected chi connectivity index (χ3v) is 5.53. The second-order valence-electron chi connectivity index (χ2n) is 7.31. The minimum Gasteiger partial charge on any atom is -0.461 e. The van der Waals surface area contributed by atoms with Crippen molar-refractivity contribution in [2.24, 2.45) is 7.05 Å². The summed E-state index contributed by atoms with van der Waals surface area (Å²) < 4.78 is 6.93. The van der Waals surface area contributed by atoms with Crippen molar-refractivity contribution >= 4 is 28.5 Å². The van der Waals surface area contributed by atoms with Gasteiger partial charge in [0.25, 0.3) is 0 Å². The monoisotopic (exact) mass is 391 g/mol. The van der Waals surface area contributed by atoms with Crippen LogP contribution >= 0.6 is 0 Å². The number of fused-ring (bicyclic) bond motifs is 1. The van der Waals surface area contributed by atoms with E-state index in [0.717, 1.165) is 23.9 Å². The van der Waals surface area contributed by atoms with Crippen molar-refractivity contribution < 1.29 is 14.3 Å². The van der Waals surface area contributed by atoms with Gasteiger partial charge in [-0.3, -0.25) is 4.79 Å². The molecule has 29 heavy (non-hydrogen) atoms. The molecule has 4 rings (SSSR count). The van der Waals surface area contributed by atoms with Crippen molar-refractivity contribution in [3.05, 3.63) is 65.9 Å². The van der Waals surface area contributed by atoms with Gasteiger partial charge in [-0.05, 0) is 49.7 Å². The van der Waals surface area contributed by atoms with Crippen molar-refractivity contribution in [3.63, 3.8) is 0 Å². The Morgan fingerprint density at radius 3 is 2.72 bits per heavy atom. The Morgan fingerprint density at radius 1 is 1.17 bits per heavy atom. The molecule has 0 radical (unpaired) electrons. The van der Waals surface area contributed by atoms with Crippen LogP contribution in [-0.4, -0.2) is 35.6 Å². The third-order valence-electron chi connectivity index (χ3n) is 5.53. The van der Waals surface area contributed by atoms with Gasteiger partial charge < -0.3 is 19.9 Å². The highest BCUT2D eigenvalue weighted by Crippen LogP contribution is 2.29. The van der Waals surface area contributed by atoms with Gasteiger partial charge in [0, 0.05) is 29.6 Å². The molecule has 1 aromatic heterocycles. The number of rotatable bonds is 5. The number of nitrogens with one attached hydrogen (secondary N) is 2. The maximum absolute atomic E-state index is 12.9. The number of nitrogens with zero attached hydrogens (tertiary/aromatic N) is 1. The minimum absolute atomic E-state index is 0.0442. The number of benzene rings is 2. The van der Waals surface area contributed by atoms with E-state index in [1.807, 2.05) is 48.0 Å². The SMILES string of the molecule is CCOC(=O)c1cc2cc(NC(=O)[C@@H]3NCC[C@H]3c3ccccc3)ccc2n1C. The van der Waals surface area contributed by atoms with Crippen LogP contribution in [0.25, 0.3) is 10.9 Å². The molecule has 1 aliphatic heterocycles. The van der Waals surface area contributed by atoms with Gasteiger partial charge in [-0.1, -0.05) is 30.3 Å². The molecule has 0 aliphatic carbocycles. The Balaban J connectivity index is 1.54. The fraction of sp³-hybridized carbons (Fsp3) is 0.304. The summed E-state index contributed by atoms with van der Waals surface area (Å²) in [6.45, 7) is 2.94. The summed E-state index contributed by atoms with van der Waals surface area (Å²) in [5.41, 5.74) is 3.29. The molecule has 2 heterocycles. The highest BCUT2D eigenvalue weighted by Gasteiger charge is 2.33. The van der Waals surface area contributed by atoms with E-state index in [-0.39, 0.29) is 23.8 Å². The summed E-state index contributed by atoms with van der Waals surface area (Å²) in [7, 11) is 1.83. The van der Waals surface area contributed by atoms with Crippen molar-refractivity contribution in [2.45, 2.75) is 25.3 Å². The smallest absolute Gasteiger partial charge is 0.354 e. The molecule has 1 amide bonds. The van der Waals surface area contributed by atoms with E-state index in [4.69, 9.17) is 4.74 Å². The Hall–Kier alpha value is -3.12. The first-order valence-corrected chi connectivity index (χ1v) is 9.94. The highest BCUT2D eigenvalue weighted by atomic mass is 16.5. The molecule has 1 fully saturated rings. The van der Waals surface area contributed by atoms with Crippen LogP contribution in [0.5, 0.6) is 0 Å². The predicted molar refractivity (Wildman–Crippen MR) is 113 cm³/mol. The van der Waals surface area contributed by atoms with E-state index >= 15 is 0 Å². The average molecular weight is 391 g/mol. The van der Waals surface area contributed by atoms with Crippen molar-refractivity contribution in [1.29, 1.82) is 0 Å². The van der Waals surface area contributed by atoms with Crippen LogP contribution in [0, 0.1) is 0 Å². The van der Waals surface area contributed by atoms with E-state index in [0.29, 0.717) is 18.0 Å². The number of aryl methyl sites for hydroxylation is 1. The summed E-state index contributed by atoms with van der Waals surface area (Å²) >= 11 is 0. The molecule has 2 atom stereocenters. The van der Waals surface area contributed by atoms with E-state index in [1.54, 1.807) is 13.0 Å². The maximum Gasteiger partial charge on any atom is 0.354 e. The zero-order valence-electron chi connectivity index (χ0n) is 16.6. The molecule has 0 spiro atoms. The van der Waals surface area contributed by atoms with E-state index in [2.05, 4.69) is 22.8 Å². The molecular formula is C23H25N3O3. The minimum atomic E-state index is -0.349. The van der Waals surface area contributed by atoms with Crippen molar-refractivity contribution in [1.82, 2.24) is 9.88 Å². The summed E-state index contributed by atoms with van der Waals surface area (Å²) in [4.78, 5) is 25.1. The number of aromatic nitrogens is 1. The van der Waals surface area contributed by atoms with Gasteiger partial charge in [-0.15, -0.1) is 0 Å². The lowest BCUT2D eigenvalue weighted by molar-refractivity contribution is -0.118. The molecule has 0 unspecified atom stereocenters. The van der Waals surface area contributed by atoms with E-state index in [9.17, 15) is 9.59 Å². The lowest BCUT2D eigenvalue weighted by Gasteiger charge is -2.19. The largest absolute Gasteiger partial charge is 0.461 e. The number of amides is 1. The first kappa shape index (κ1) is 19.2. The number of hydrogen-bond acceptors (Lipinski definition) is 4. The number of ether oxygens (including phenoxy) is 1. The predicted octanol–water partition coefficient (Wildman–Crippen LogP) is 3.44. The van der Waals surface area contributed by atoms with Gasteiger partial charge in [0.1, 0.15) is 5.69 Å². The van der Waals surface area contributed by atoms with Crippen LogP contribution in [0.15, 0.2) is 54.6 Å². The fourth-order valence-corrected chi connectivity index (χ4v) is 4.09. The van der Waals surface area contributed by atoms with Crippen LogP contribution in [0.3, 0.4) is 0 Å². The van der Waals surface area contributed by atoms with Crippen molar-refractivity contribution in [2.75, 3.05) is 18.5 Å². The number of esters is 1. The molecule has 3 aromatic rings. The first-order valence-electron chi connectivity index (χ1n) is 9.94. The lowest BCUT2D eigenvalue weighted by atomic mass is 9.91. The van der Waals surface area contributed by atoms with Gasteiger partial charge in [0.15, 0.2) is 0 Å². The molecule has 0 bridgehead atoms. The summed E-state index contributed by atoms with van der Waals surface area (Å²) in [5.74, 6) is -0.234. The van der Waals surface area contributed by atoms with Crippen LogP contribution in [0.1, 0.15) is 35.3 Å². The third kappa shape index (κ3) is 3.76. The molecule has 150 valence electrons. The second-order valence-corrected chi connectivity index (χ2v) is 7.31. The van der Waals surface area contributed by atoms with Gasteiger partial charge in [0.2, 0.25) is 5.91 Å². The number of anilines is 1. The maximum atomic E-state index is 12.9. The second kappa shape index (κ2) is 8.09. The normalized spacial score (nSPS) is 18.7. The van der Waals surface area contributed by atoms with Gasteiger partial charge in [-0.2, -0.15) is 0 Å². The van der Waals surface area contributed by atoms with Crippen LogP contribution in [0.2, 0.25) is 0 Å². The molecular weight excluding hydrogens is 366 g/mol. The molecule has 0 saturated carbocycles. The number of hydrogen-bond donors (Lipinski definition) is 2. The van der Waals surface area contributed by atoms with E-state index in [1.165, 1.54) is 5.56 Å². The summed E-state index contributed by atoms with van der Waals surface area (Å²) in [5, 5.41) is 7.24. The molecule has 2 aromatic carbocycles. The first-order chi connectivity index (χ1) is 14.1. The topological polar surface area (TPSA) is 72.4 Å². The average Bonchev–Trinajstić information content (AvgIpc) is 3.34. The van der Waals surface area contributed by atoms with Gasteiger partial charge in [0.05, 0.1) is 12.6 Å². The molecule has 6 nitrogen and oxygen atoms in total. The van der Waals surface area contributed by atoms with Crippen LogP contribution in [-0.2, 0) is 16.6 Å². The molecule has 1 saturated heterocycles. The standard InChI is InChI=1S/C23H25N3O3/c1-3-29-23(28)20-14-16-13-17(9-10-19(16)26(20)2)25-22(27)21-18(11-12-24-21)15-7-5-4-6-8-15/h4-10,13-14,18,21,24H,3,11-12H2,1-2H3,(H,25,27)/t18-,21+/m0/s1. The number of carbonyl (C=O) groups excluding carboxylic acids is 2. The fourth-order valence-electron chi connectivity index (χ4n) is 4.09. The molecule has 1 aliphatic rings. The summed E-state index contributed by atoms with van der Waals surface area (Å²) in [6.07, 6.45) is 0.933. The zero-order valence-corrected chi connectivity index (χ0v) is 16.6. The van der Waals surface area contributed by atoms with Gasteiger partial charge in [-0.25, -0.2) is 4.79 Å². The Labute approximate surface area is 169 Å². The van der Waals surface area contributed by atoms with E-state index < -0.39 is 0 Å². The molecule has 6 heteroatoms. The highest BCUT2D eigenvalue weighted by molar-refractivity contribution is 6.00. The Bertz CT molecular complexity index is 1040. The Morgan fingerprint density at radius 2 is 1.97 bits per heavy atom. The molecule has 2 N–H and O–H groups in total. The van der Waals surface area contributed by atoms with Crippen LogP contribution < -0.4 is 10.6 Å². The quantitative estimate of drug-likeness (QED) is 0.654.